The van der Waals surface area contributed by atoms with Crippen molar-refractivity contribution >= 4 is 0 Å². The Balaban J connectivity index is 2.22. The van der Waals surface area contributed by atoms with Crippen molar-refractivity contribution in [1.82, 2.24) is 4.98 Å². The van der Waals surface area contributed by atoms with Crippen LogP contribution in [-0.2, 0) is 0 Å². The third kappa shape index (κ3) is 2.65. The van der Waals surface area contributed by atoms with Crippen LogP contribution in [0.5, 0.6) is 11.6 Å². The van der Waals surface area contributed by atoms with Crippen molar-refractivity contribution in [2.75, 3.05) is 0 Å². The lowest BCUT2D eigenvalue weighted by atomic mass is 10.1. The largest absolute Gasteiger partial charge is 0.438 e. The van der Waals surface area contributed by atoms with Gasteiger partial charge >= 0.3 is 0 Å². The zero-order valence-corrected chi connectivity index (χ0v) is 10.00. The molecule has 0 fully saturated rings. The summed E-state index contributed by atoms with van der Waals surface area (Å²) in [6, 6.07) is 12.8. The van der Waals surface area contributed by atoms with Crippen LogP contribution < -0.4 is 10.5 Å². The van der Waals surface area contributed by atoms with Gasteiger partial charge in [0, 0.05) is 12.2 Å². The summed E-state index contributed by atoms with van der Waals surface area (Å²) in [7, 11) is 0. The van der Waals surface area contributed by atoms with Gasteiger partial charge in [0.2, 0.25) is 5.88 Å². The lowest BCUT2D eigenvalue weighted by Gasteiger charge is -2.08. The highest BCUT2D eigenvalue weighted by atomic mass is 16.5. The number of aromatic nitrogens is 1. The molecule has 0 spiro atoms. The average molecular weight is 239 g/mol. The number of nitriles is 1. The molecule has 0 unspecified atom stereocenters. The molecular formula is C14H13N3O. The molecule has 0 amide bonds. The first kappa shape index (κ1) is 12.1. The molecule has 1 aromatic heterocycles. The molecule has 0 saturated carbocycles. The zero-order valence-electron chi connectivity index (χ0n) is 10.00. The molecule has 0 aliphatic rings. The Morgan fingerprint density at radius 2 is 2.00 bits per heavy atom. The van der Waals surface area contributed by atoms with Gasteiger partial charge in [-0.15, -0.1) is 0 Å². The van der Waals surface area contributed by atoms with E-state index < -0.39 is 0 Å². The van der Waals surface area contributed by atoms with E-state index in [9.17, 15) is 0 Å². The molecule has 4 heteroatoms. The summed E-state index contributed by atoms with van der Waals surface area (Å²) < 4.78 is 5.56. The summed E-state index contributed by atoms with van der Waals surface area (Å²) in [4.78, 5) is 4.03. The standard InChI is InChI=1S/C14H13N3O/c1-10(16)11-4-6-13(7-5-11)18-14-12(9-15)3-2-8-17-14/h2-8,10H,16H2,1H3/t10-/m0/s1. The van der Waals surface area contributed by atoms with Gasteiger partial charge in [0.1, 0.15) is 17.4 Å². The van der Waals surface area contributed by atoms with Crippen LogP contribution in [0.25, 0.3) is 0 Å². The topological polar surface area (TPSA) is 71.9 Å². The Labute approximate surface area is 106 Å². The minimum atomic E-state index is -0.0106. The van der Waals surface area contributed by atoms with Gasteiger partial charge in [0.15, 0.2) is 0 Å². The Hall–Kier alpha value is -2.38. The fourth-order valence-electron chi connectivity index (χ4n) is 1.51. The molecule has 2 N–H and O–H groups in total. The van der Waals surface area contributed by atoms with Gasteiger partial charge in [-0.1, -0.05) is 12.1 Å². The summed E-state index contributed by atoms with van der Waals surface area (Å²) >= 11 is 0. The monoisotopic (exact) mass is 239 g/mol. The Morgan fingerprint density at radius 1 is 1.28 bits per heavy atom. The minimum absolute atomic E-state index is 0.0106. The molecule has 0 aliphatic carbocycles. The minimum Gasteiger partial charge on any atom is -0.438 e. The van der Waals surface area contributed by atoms with E-state index in [0.29, 0.717) is 17.2 Å². The van der Waals surface area contributed by atoms with Crippen molar-refractivity contribution < 1.29 is 4.74 Å². The molecule has 90 valence electrons. The summed E-state index contributed by atoms with van der Waals surface area (Å²) in [5.41, 5.74) is 7.21. The molecule has 2 rings (SSSR count). The van der Waals surface area contributed by atoms with Crippen LogP contribution in [0.3, 0.4) is 0 Å². The van der Waals surface area contributed by atoms with Gasteiger partial charge in [0.25, 0.3) is 0 Å². The maximum atomic E-state index is 8.93. The number of nitrogens with two attached hydrogens (primary N) is 1. The fourth-order valence-corrected chi connectivity index (χ4v) is 1.51. The predicted molar refractivity (Wildman–Crippen MR) is 68.1 cm³/mol. The average Bonchev–Trinajstić information content (AvgIpc) is 2.40. The Bertz CT molecular complexity index is 570. The van der Waals surface area contributed by atoms with Crippen molar-refractivity contribution in [3.05, 3.63) is 53.7 Å². The van der Waals surface area contributed by atoms with Crippen LogP contribution in [0, 0.1) is 11.3 Å². The lowest BCUT2D eigenvalue weighted by Crippen LogP contribution is -2.04. The molecule has 1 heterocycles. The third-order valence-electron chi connectivity index (χ3n) is 2.51. The number of nitrogens with zero attached hydrogens (tertiary/aromatic N) is 2. The van der Waals surface area contributed by atoms with Gasteiger partial charge in [-0.05, 0) is 36.8 Å². The Morgan fingerprint density at radius 3 is 2.61 bits per heavy atom. The SMILES string of the molecule is C[C@H](N)c1ccc(Oc2ncccc2C#N)cc1. The first-order valence-corrected chi connectivity index (χ1v) is 5.59. The van der Waals surface area contributed by atoms with E-state index in [1.807, 2.05) is 37.3 Å². The van der Waals surface area contributed by atoms with E-state index in [4.69, 9.17) is 15.7 Å². The van der Waals surface area contributed by atoms with Crippen LogP contribution in [0.4, 0.5) is 0 Å². The first-order valence-electron chi connectivity index (χ1n) is 5.59. The number of ether oxygens (including phenoxy) is 1. The maximum absolute atomic E-state index is 8.93. The van der Waals surface area contributed by atoms with Crippen molar-refractivity contribution in [2.24, 2.45) is 5.73 Å². The molecule has 0 bridgehead atoms. The van der Waals surface area contributed by atoms with Crippen molar-refractivity contribution in [1.29, 1.82) is 5.26 Å². The molecule has 0 saturated heterocycles. The number of hydrogen-bond donors (Lipinski definition) is 1. The molecule has 1 aromatic carbocycles. The van der Waals surface area contributed by atoms with Crippen LogP contribution in [-0.4, -0.2) is 4.98 Å². The van der Waals surface area contributed by atoms with Gasteiger partial charge in [0.05, 0.1) is 0 Å². The molecule has 4 nitrogen and oxygen atoms in total. The highest BCUT2D eigenvalue weighted by Gasteiger charge is 2.05. The Kier molecular flexibility index (Phi) is 3.56. The second kappa shape index (κ2) is 5.30. The molecule has 2 aromatic rings. The number of benzene rings is 1. The molecule has 18 heavy (non-hydrogen) atoms. The highest BCUT2D eigenvalue weighted by Crippen LogP contribution is 2.23. The molecular weight excluding hydrogens is 226 g/mol. The predicted octanol–water partition coefficient (Wildman–Crippen LogP) is 2.77. The van der Waals surface area contributed by atoms with E-state index in [-0.39, 0.29) is 6.04 Å². The van der Waals surface area contributed by atoms with Gasteiger partial charge < -0.3 is 10.5 Å². The number of pyridine rings is 1. The summed E-state index contributed by atoms with van der Waals surface area (Å²) in [5.74, 6) is 0.947. The molecule has 0 radical (unpaired) electrons. The fraction of sp³-hybridized carbons (Fsp3) is 0.143. The molecule has 0 aliphatic heterocycles. The second-order valence-electron chi connectivity index (χ2n) is 3.93. The van der Waals surface area contributed by atoms with Crippen LogP contribution in [0.1, 0.15) is 24.1 Å². The first-order chi connectivity index (χ1) is 8.70. The zero-order chi connectivity index (χ0) is 13.0. The van der Waals surface area contributed by atoms with Crippen LogP contribution in [0.15, 0.2) is 42.6 Å². The molecule has 1 atom stereocenters. The van der Waals surface area contributed by atoms with Gasteiger partial charge in [-0.25, -0.2) is 4.98 Å². The van der Waals surface area contributed by atoms with E-state index in [2.05, 4.69) is 4.98 Å². The van der Waals surface area contributed by atoms with Crippen LogP contribution in [0.2, 0.25) is 0 Å². The summed E-state index contributed by atoms with van der Waals surface area (Å²) in [6.07, 6.45) is 1.59. The van der Waals surface area contributed by atoms with Crippen molar-refractivity contribution in [2.45, 2.75) is 13.0 Å². The maximum Gasteiger partial charge on any atom is 0.237 e. The van der Waals surface area contributed by atoms with E-state index in [1.165, 1.54) is 0 Å². The number of hydrogen-bond acceptors (Lipinski definition) is 4. The highest BCUT2D eigenvalue weighted by molar-refractivity contribution is 5.40. The second-order valence-corrected chi connectivity index (χ2v) is 3.93. The quantitative estimate of drug-likeness (QED) is 0.893. The van der Waals surface area contributed by atoms with Gasteiger partial charge in [-0.2, -0.15) is 5.26 Å². The van der Waals surface area contributed by atoms with Crippen molar-refractivity contribution in [3.8, 4) is 17.7 Å². The van der Waals surface area contributed by atoms with Gasteiger partial charge in [-0.3, -0.25) is 0 Å². The number of rotatable bonds is 3. The van der Waals surface area contributed by atoms with Crippen molar-refractivity contribution in [3.63, 3.8) is 0 Å². The van der Waals surface area contributed by atoms with E-state index in [1.54, 1.807) is 18.3 Å². The van der Waals surface area contributed by atoms with E-state index in [0.717, 1.165) is 5.56 Å². The lowest BCUT2D eigenvalue weighted by molar-refractivity contribution is 0.461. The summed E-state index contributed by atoms with van der Waals surface area (Å²) in [5, 5.41) is 8.93. The normalized spacial score (nSPS) is 11.6. The smallest absolute Gasteiger partial charge is 0.237 e. The van der Waals surface area contributed by atoms with Crippen LogP contribution >= 0.6 is 0 Å². The third-order valence-corrected chi connectivity index (χ3v) is 2.51. The van der Waals surface area contributed by atoms with E-state index >= 15 is 0 Å². The summed E-state index contributed by atoms with van der Waals surface area (Å²) in [6.45, 7) is 1.92.